The van der Waals surface area contributed by atoms with E-state index in [1.807, 2.05) is 0 Å². The van der Waals surface area contributed by atoms with Gasteiger partial charge in [-0.25, -0.2) is 0 Å². The topological polar surface area (TPSA) is 29.1 Å². The zero-order valence-corrected chi connectivity index (χ0v) is 9.93. The summed E-state index contributed by atoms with van der Waals surface area (Å²) in [5.74, 6) is 1.42. The van der Waals surface area contributed by atoms with Crippen LogP contribution in [0.2, 0.25) is 0 Å². The maximum absolute atomic E-state index is 11.5. The molecule has 0 radical (unpaired) electrons. The molecule has 0 spiro atoms. The molecule has 2 saturated carbocycles. The lowest BCUT2D eigenvalue weighted by atomic mass is 9.89. The van der Waals surface area contributed by atoms with Crippen molar-refractivity contribution in [1.82, 2.24) is 5.32 Å². The summed E-state index contributed by atoms with van der Waals surface area (Å²) < 4.78 is 0. The second kappa shape index (κ2) is 5.20. The van der Waals surface area contributed by atoms with Crippen LogP contribution in [0.15, 0.2) is 0 Å². The summed E-state index contributed by atoms with van der Waals surface area (Å²) in [4.78, 5) is 11.5. The molecule has 0 aromatic heterocycles. The minimum Gasteiger partial charge on any atom is -0.356 e. The van der Waals surface area contributed by atoms with Crippen molar-refractivity contribution in [3.63, 3.8) is 0 Å². The molecular weight excluding hydrogens is 210 g/mol. The predicted octanol–water partition coefficient (Wildman–Crippen LogP) is 2.70. The van der Waals surface area contributed by atoms with E-state index in [0.29, 0.717) is 11.8 Å². The quantitative estimate of drug-likeness (QED) is 0.738. The molecule has 1 N–H and O–H groups in total. The molecule has 0 aromatic carbocycles. The summed E-state index contributed by atoms with van der Waals surface area (Å²) in [5, 5.41) is 3.31. The van der Waals surface area contributed by atoms with Crippen molar-refractivity contribution < 1.29 is 4.79 Å². The first-order valence-corrected chi connectivity index (χ1v) is 6.60. The molecule has 2 fully saturated rings. The maximum Gasteiger partial charge on any atom is 0.220 e. The average molecular weight is 230 g/mol. The van der Waals surface area contributed by atoms with E-state index >= 15 is 0 Å². The number of amides is 1. The molecule has 2 rings (SSSR count). The lowest BCUT2D eigenvalue weighted by molar-refractivity contribution is -0.121. The van der Waals surface area contributed by atoms with Gasteiger partial charge < -0.3 is 5.32 Å². The van der Waals surface area contributed by atoms with E-state index in [1.165, 1.54) is 32.1 Å². The molecule has 0 bridgehead atoms. The third kappa shape index (κ3) is 3.67. The number of halogens is 1. The highest BCUT2D eigenvalue weighted by molar-refractivity contribution is 6.20. The van der Waals surface area contributed by atoms with E-state index in [9.17, 15) is 4.79 Å². The van der Waals surface area contributed by atoms with Crippen LogP contribution in [0.4, 0.5) is 0 Å². The van der Waals surface area contributed by atoms with Crippen molar-refractivity contribution in [3.05, 3.63) is 0 Å². The third-order valence-corrected chi connectivity index (χ3v) is 4.12. The minimum absolute atomic E-state index is 0.229. The van der Waals surface area contributed by atoms with Crippen LogP contribution in [-0.4, -0.2) is 17.8 Å². The van der Waals surface area contributed by atoms with Crippen molar-refractivity contribution >= 4 is 17.5 Å². The molecular formula is C12H20ClNO. The number of carbonyl (C=O) groups is 1. The molecule has 2 aliphatic carbocycles. The van der Waals surface area contributed by atoms with Crippen LogP contribution in [0.3, 0.4) is 0 Å². The first-order valence-electron chi connectivity index (χ1n) is 6.16. The zero-order valence-electron chi connectivity index (χ0n) is 9.18. The molecule has 86 valence electrons. The molecule has 2 atom stereocenters. The van der Waals surface area contributed by atoms with E-state index in [4.69, 9.17) is 11.6 Å². The number of carbonyl (C=O) groups excluding carboxylic acids is 1. The lowest BCUT2D eigenvalue weighted by Gasteiger charge is -2.27. The van der Waals surface area contributed by atoms with Gasteiger partial charge >= 0.3 is 0 Å². The Balaban J connectivity index is 1.64. The van der Waals surface area contributed by atoms with Crippen molar-refractivity contribution in [2.45, 2.75) is 50.3 Å². The van der Waals surface area contributed by atoms with E-state index in [2.05, 4.69) is 5.32 Å². The van der Waals surface area contributed by atoms with Crippen LogP contribution in [0.25, 0.3) is 0 Å². The highest BCUT2D eigenvalue weighted by atomic mass is 35.5. The summed E-state index contributed by atoms with van der Waals surface area (Å²) in [5.41, 5.74) is 0. The van der Waals surface area contributed by atoms with E-state index in [1.54, 1.807) is 0 Å². The van der Waals surface area contributed by atoms with Gasteiger partial charge in [0.25, 0.3) is 0 Å². The Bertz CT molecular complexity index is 228. The van der Waals surface area contributed by atoms with Crippen LogP contribution in [0, 0.1) is 11.8 Å². The first kappa shape index (κ1) is 11.3. The van der Waals surface area contributed by atoms with E-state index in [-0.39, 0.29) is 11.3 Å². The van der Waals surface area contributed by atoms with Gasteiger partial charge in [0.1, 0.15) is 0 Å². The van der Waals surface area contributed by atoms with Crippen molar-refractivity contribution in [1.29, 1.82) is 0 Å². The maximum atomic E-state index is 11.5. The summed E-state index contributed by atoms with van der Waals surface area (Å²) >= 11 is 6.23. The largest absolute Gasteiger partial charge is 0.356 e. The molecule has 3 heteroatoms. The molecule has 1 amide bonds. The SMILES string of the molecule is O=C(CC1CC1)NCC1CCCCC1Cl. The fourth-order valence-electron chi connectivity index (χ4n) is 2.29. The Morgan fingerprint density at radius 3 is 2.60 bits per heavy atom. The standard InChI is InChI=1S/C12H20ClNO/c13-11-4-2-1-3-10(11)8-14-12(15)7-9-5-6-9/h9-11H,1-8H2,(H,14,15). The monoisotopic (exact) mass is 229 g/mol. The molecule has 2 unspecified atom stereocenters. The Morgan fingerprint density at radius 1 is 1.20 bits per heavy atom. The summed E-state index contributed by atoms with van der Waals surface area (Å²) in [6, 6.07) is 0. The van der Waals surface area contributed by atoms with Crippen LogP contribution in [0.1, 0.15) is 44.9 Å². The second-order valence-corrected chi connectivity index (χ2v) is 5.57. The van der Waals surface area contributed by atoms with Gasteiger partial charge in [-0.15, -0.1) is 11.6 Å². The Hall–Kier alpha value is -0.240. The molecule has 15 heavy (non-hydrogen) atoms. The van der Waals surface area contributed by atoms with Gasteiger partial charge in [-0.05, 0) is 37.5 Å². The molecule has 0 aliphatic heterocycles. The van der Waals surface area contributed by atoms with Gasteiger partial charge in [-0.2, -0.15) is 0 Å². The van der Waals surface area contributed by atoms with Crippen molar-refractivity contribution in [3.8, 4) is 0 Å². The number of hydrogen-bond donors (Lipinski definition) is 1. The second-order valence-electron chi connectivity index (χ2n) is 5.01. The van der Waals surface area contributed by atoms with Gasteiger partial charge in [0, 0.05) is 18.3 Å². The fourth-order valence-corrected chi connectivity index (χ4v) is 2.66. The Morgan fingerprint density at radius 2 is 1.93 bits per heavy atom. The van der Waals surface area contributed by atoms with Gasteiger partial charge in [0.15, 0.2) is 0 Å². The van der Waals surface area contributed by atoms with Crippen LogP contribution < -0.4 is 5.32 Å². The fraction of sp³-hybridized carbons (Fsp3) is 0.917. The first-order chi connectivity index (χ1) is 7.25. The zero-order chi connectivity index (χ0) is 10.7. The lowest BCUT2D eigenvalue weighted by Crippen LogP contribution is -2.34. The smallest absolute Gasteiger partial charge is 0.220 e. The number of hydrogen-bond acceptors (Lipinski definition) is 1. The van der Waals surface area contributed by atoms with Crippen LogP contribution in [-0.2, 0) is 4.79 Å². The van der Waals surface area contributed by atoms with Crippen molar-refractivity contribution in [2.24, 2.45) is 11.8 Å². The molecule has 2 aliphatic rings. The number of rotatable bonds is 4. The number of nitrogens with one attached hydrogen (secondary N) is 1. The van der Waals surface area contributed by atoms with E-state index < -0.39 is 0 Å². The number of alkyl halides is 1. The third-order valence-electron chi connectivity index (χ3n) is 3.55. The summed E-state index contributed by atoms with van der Waals surface area (Å²) in [7, 11) is 0. The summed E-state index contributed by atoms with van der Waals surface area (Å²) in [6.07, 6.45) is 8.04. The highest BCUT2D eigenvalue weighted by Gasteiger charge is 2.26. The van der Waals surface area contributed by atoms with Crippen molar-refractivity contribution in [2.75, 3.05) is 6.54 Å². The van der Waals surface area contributed by atoms with Crippen LogP contribution >= 0.6 is 11.6 Å². The Kier molecular flexibility index (Phi) is 3.90. The average Bonchev–Trinajstić information content (AvgIpc) is 3.00. The molecule has 0 heterocycles. The Labute approximate surface area is 96.8 Å². The normalized spacial score (nSPS) is 31.3. The minimum atomic E-state index is 0.229. The molecule has 2 nitrogen and oxygen atoms in total. The predicted molar refractivity (Wildman–Crippen MR) is 61.9 cm³/mol. The van der Waals surface area contributed by atoms with Gasteiger partial charge in [0.05, 0.1) is 0 Å². The van der Waals surface area contributed by atoms with Gasteiger partial charge in [-0.1, -0.05) is 12.8 Å². The van der Waals surface area contributed by atoms with Gasteiger partial charge in [0.2, 0.25) is 5.91 Å². The molecule has 0 saturated heterocycles. The van der Waals surface area contributed by atoms with Gasteiger partial charge in [-0.3, -0.25) is 4.79 Å². The molecule has 0 aromatic rings. The van der Waals surface area contributed by atoms with Crippen LogP contribution in [0.5, 0.6) is 0 Å². The highest BCUT2D eigenvalue weighted by Crippen LogP contribution is 2.32. The summed E-state index contributed by atoms with van der Waals surface area (Å²) in [6.45, 7) is 0.791. The van der Waals surface area contributed by atoms with E-state index in [0.717, 1.165) is 19.4 Å².